The van der Waals surface area contributed by atoms with Crippen LogP contribution in [0.3, 0.4) is 0 Å². The molecule has 1 atom stereocenters. The molecule has 4 rings (SSSR count). The molecule has 0 amide bonds. The van der Waals surface area contributed by atoms with Gasteiger partial charge in [-0.25, -0.2) is 9.97 Å². The molecule has 7 heteroatoms. The monoisotopic (exact) mass is 383 g/mol. The zero-order valence-electron chi connectivity index (χ0n) is 16.5. The van der Waals surface area contributed by atoms with E-state index in [-0.39, 0.29) is 6.10 Å². The van der Waals surface area contributed by atoms with Crippen LogP contribution in [0.15, 0.2) is 30.7 Å². The first-order valence-corrected chi connectivity index (χ1v) is 10.1. The number of likely N-dealkylation sites (tertiary alicyclic amines) is 1. The molecule has 0 aromatic carbocycles. The van der Waals surface area contributed by atoms with E-state index in [1.807, 2.05) is 37.6 Å². The van der Waals surface area contributed by atoms with Crippen LogP contribution in [0.25, 0.3) is 0 Å². The largest absolute Gasteiger partial charge is 0.383 e. The van der Waals surface area contributed by atoms with Crippen LogP contribution in [0.4, 0.5) is 5.95 Å². The summed E-state index contributed by atoms with van der Waals surface area (Å²) in [5, 5.41) is 14.2. The van der Waals surface area contributed by atoms with Crippen LogP contribution in [-0.2, 0) is 16.9 Å². The van der Waals surface area contributed by atoms with E-state index >= 15 is 0 Å². The molecule has 2 aromatic rings. The van der Waals surface area contributed by atoms with E-state index in [0.29, 0.717) is 18.8 Å². The summed E-state index contributed by atoms with van der Waals surface area (Å²) in [4.78, 5) is 15.6. The molecule has 2 N–H and O–H groups in total. The highest BCUT2D eigenvalue weighted by Gasteiger charge is 2.35. The van der Waals surface area contributed by atoms with Gasteiger partial charge in [0.15, 0.2) is 0 Å². The standard InChI is InChI=1S/C21H29N5O2/c1-16-4-5-19(22-11-16)21(27)6-8-26(9-7-21)15-17-12-23-20(24-13-17)25-14-18-3-2-10-28-18/h4-5,11-13,18,27H,2-3,6-10,14-15H2,1H3,(H,23,24,25). The lowest BCUT2D eigenvalue weighted by molar-refractivity contribution is -0.0311. The topological polar surface area (TPSA) is 83.4 Å². The summed E-state index contributed by atoms with van der Waals surface area (Å²) in [6.45, 7) is 6.07. The Kier molecular flexibility index (Phi) is 5.85. The van der Waals surface area contributed by atoms with Crippen molar-refractivity contribution in [1.29, 1.82) is 0 Å². The molecule has 28 heavy (non-hydrogen) atoms. The molecule has 1 unspecified atom stereocenters. The van der Waals surface area contributed by atoms with E-state index in [1.165, 1.54) is 0 Å². The van der Waals surface area contributed by atoms with Crippen LogP contribution >= 0.6 is 0 Å². The van der Waals surface area contributed by atoms with Gasteiger partial charge in [-0.15, -0.1) is 0 Å². The van der Waals surface area contributed by atoms with Crippen LogP contribution in [0.5, 0.6) is 0 Å². The van der Waals surface area contributed by atoms with Crippen molar-refractivity contribution in [2.75, 3.05) is 31.6 Å². The van der Waals surface area contributed by atoms with Crippen molar-refractivity contribution >= 4 is 5.95 Å². The lowest BCUT2D eigenvalue weighted by Crippen LogP contribution is -2.42. The molecule has 0 spiro atoms. The molecule has 2 aliphatic rings. The molecule has 4 heterocycles. The Morgan fingerprint density at radius 2 is 1.96 bits per heavy atom. The summed E-state index contributed by atoms with van der Waals surface area (Å²) in [7, 11) is 0. The Morgan fingerprint density at radius 1 is 1.18 bits per heavy atom. The van der Waals surface area contributed by atoms with Gasteiger partial charge in [-0.05, 0) is 44.2 Å². The molecule has 2 aliphatic heterocycles. The number of hydrogen-bond acceptors (Lipinski definition) is 7. The maximum Gasteiger partial charge on any atom is 0.222 e. The summed E-state index contributed by atoms with van der Waals surface area (Å²) < 4.78 is 5.60. The lowest BCUT2D eigenvalue weighted by Gasteiger charge is -2.37. The average molecular weight is 383 g/mol. The van der Waals surface area contributed by atoms with Gasteiger partial charge in [-0.1, -0.05) is 6.07 Å². The first-order valence-electron chi connectivity index (χ1n) is 10.1. The van der Waals surface area contributed by atoms with Crippen LogP contribution in [0.2, 0.25) is 0 Å². The summed E-state index contributed by atoms with van der Waals surface area (Å²) in [6.07, 6.45) is 9.47. The minimum absolute atomic E-state index is 0.276. The second-order valence-electron chi connectivity index (χ2n) is 7.96. The Hall–Kier alpha value is -2.09. The van der Waals surface area contributed by atoms with Gasteiger partial charge >= 0.3 is 0 Å². The Morgan fingerprint density at radius 3 is 2.61 bits per heavy atom. The normalized spacial score (nSPS) is 22.3. The fraction of sp³-hybridized carbons (Fsp3) is 0.571. The highest BCUT2D eigenvalue weighted by atomic mass is 16.5. The predicted molar refractivity (Wildman–Crippen MR) is 107 cm³/mol. The van der Waals surface area contributed by atoms with E-state index in [9.17, 15) is 5.11 Å². The number of pyridine rings is 1. The van der Waals surface area contributed by atoms with Gasteiger partial charge in [0.1, 0.15) is 5.60 Å². The number of anilines is 1. The molecule has 0 aliphatic carbocycles. The van der Waals surface area contributed by atoms with E-state index in [2.05, 4.69) is 25.2 Å². The van der Waals surface area contributed by atoms with Gasteiger partial charge in [0.25, 0.3) is 0 Å². The second kappa shape index (κ2) is 8.51. The van der Waals surface area contributed by atoms with E-state index < -0.39 is 5.60 Å². The maximum atomic E-state index is 11.0. The molecule has 2 saturated heterocycles. The first-order chi connectivity index (χ1) is 13.6. The number of ether oxygens (including phenoxy) is 1. The van der Waals surface area contributed by atoms with E-state index in [1.54, 1.807) is 0 Å². The quantitative estimate of drug-likeness (QED) is 0.791. The van der Waals surface area contributed by atoms with E-state index in [0.717, 1.165) is 62.4 Å². The zero-order valence-corrected chi connectivity index (χ0v) is 16.5. The van der Waals surface area contributed by atoms with Gasteiger partial charge in [-0.3, -0.25) is 9.88 Å². The van der Waals surface area contributed by atoms with Crippen LogP contribution in [0, 0.1) is 6.92 Å². The van der Waals surface area contributed by atoms with Crippen LogP contribution in [-0.4, -0.2) is 57.3 Å². The molecular weight excluding hydrogens is 354 g/mol. The van der Waals surface area contributed by atoms with Gasteiger partial charge in [0.05, 0.1) is 11.8 Å². The summed E-state index contributed by atoms with van der Waals surface area (Å²) in [6, 6.07) is 3.96. The number of hydrogen-bond donors (Lipinski definition) is 2. The predicted octanol–water partition coefficient (Wildman–Crippen LogP) is 2.25. The Labute approximate surface area is 166 Å². The molecule has 0 bridgehead atoms. The van der Waals surface area contributed by atoms with Crippen LogP contribution in [0.1, 0.15) is 42.5 Å². The molecule has 150 valence electrons. The fourth-order valence-corrected chi connectivity index (χ4v) is 3.88. The van der Waals surface area contributed by atoms with Gasteiger partial charge < -0.3 is 15.2 Å². The van der Waals surface area contributed by atoms with Gasteiger partial charge in [-0.2, -0.15) is 0 Å². The Balaban J connectivity index is 1.26. The third-order valence-corrected chi connectivity index (χ3v) is 5.69. The summed E-state index contributed by atoms with van der Waals surface area (Å²) in [5.41, 5.74) is 2.15. The number of piperidine rings is 1. The average Bonchev–Trinajstić information content (AvgIpc) is 3.23. The van der Waals surface area contributed by atoms with Crippen molar-refractivity contribution in [3.8, 4) is 0 Å². The molecule has 0 saturated carbocycles. The highest BCUT2D eigenvalue weighted by molar-refractivity contribution is 5.25. The van der Waals surface area contributed by atoms with Crippen molar-refractivity contribution in [2.24, 2.45) is 0 Å². The minimum Gasteiger partial charge on any atom is -0.383 e. The number of nitrogens with zero attached hydrogens (tertiary/aromatic N) is 4. The number of aliphatic hydroxyl groups is 1. The zero-order chi connectivity index (χ0) is 19.4. The van der Waals surface area contributed by atoms with Crippen molar-refractivity contribution in [1.82, 2.24) is 19.9 Å². The van der Waals surface area contributed by atoms with Crippen molar-refractivity contribution in [3.05, 3.63) is 47.5 Å². The van der Waals surface area contributed by atoms with Crippen molar-refractivity contribution in [2.45, 2.75) is 50.9 Å². The molecule has 2 fully saturated rings. The van der Waals surface area contributed by atoms with Crippen molar-refractivity contribution in [3.63, 3.8) is 0 Å². The molecule has 0 radical (unpaired) electrons. The second-order valence-corrected chi connectivity index (χ2v) is 7.96. The minimum atomic E-state index is -0.823. The van der Waals surface area contributed by atoms with Gasteiger partial charge in [0, 0.05) is 56.9 Å². The number of aromatic nitrogens is 3. The SMILES string of the molecule is Cc1ccc(C2(O)CCN(Cc3cnc(NCC4CCCO4)nc3)CC2)nc1. The third-order valence-electron chi connectivity index (χ3n) is 5.69. The number of aryl methyl sites for hydroxylation is 1. The van der Waals surface area contributed by atoms with Gasteiger partial charge in [0.2, 0.25) is 5.95 Å². The van der Waals surface area contributed by atoms with E-state index in [4.69, 9.17) is 4.74 Å². The molecular formula is C21H29N5O2. The summed E-state index contributed by atoms with van der Waals surface area (Å²) >= 11 is 0. The highest BCUT2D eigenvalue weighted by Crippen LogP contribution is 2.32. The summed E-state index contributed by atoms with van der Waals surface area (Å²) in [5.74, 6) is 0.651. The first kappa shape index (κ1) is 19.2. The smallest absolute Gasteiger partial charge is 0.222 e. The Bertz CT molecular complexity index is 751. The van der Waals surface area contributed by atoms with Crippen LogP contribution < -0.4 is 5.32 Å². The number of nitrogens with one attached hydrogen (secondary N) is 1. The third kappa shape index (κ3) is 4.66. The maximum absolute atomic E-state index is 11.0. The fourth-order valence-electron chi connectivity index (χ4n) is 3.88. The molecule has 7 nitrogen and oxygen atoms in total. The number of rotatable bonds is 6. The van der Waals surface area contributed by atoms with Crippen molar-refractivity contribution < 1.29 is 9.84 Å². The lowest BCUT2D eigenvalue weighted by atomic mass is 9.87. The molecule has 2 aromatic heterocycles.